The van der Waals surface area contributed by atoms with Gasteiger partial charge in [0, 0.05) is 29.7 Å². The molecule has 0 aliphatic heterocycles. The number of hydrogen-bond acceptors (Lipinski definition) is 5. The van der Waals surface area contributed by atoms with E-state index >= 15 is 0 Å². The van der Waals surface area contributed by atoms with Crippen molar-refractivity contribution in [3.63, 3.8) is 0 Å². The van der Waals surface area contributed by atoms with Crippen molar-refractivity contribution in [1.29, 1.82) is 0 Å². The molecular weight excluding hydrogens is 332 g/mol. The molecule has 0 radical (unpaired) electrons. The largest absolute Gasteiger partial charge is 0.493 e. The number of carbonyl (C=O) groups excluding carboxylic acids is 1. The van der Waals surface area contributed by atoms with Gasteiger partial charge in [0.05, 0.1) is 7.11 Å². The fraction of sp³-hybridized carbons (Fsp3) is 0.412. The normalized spacial score (nSPS) is 10.8. The van der Waals surface area contributed by atoms with Crippen LogP contribution in [0.25, 0.3) is 0 Å². The number of hydrogen-bond donors (Lipinski definition) is 0. The lowest BCUT2D eigenvalue weighted by atomic mass is 10.2. The van der Waals surface area contributed by atoms with Crippen molar-refractivity contribution in [3.05, 3.63) is 40.7 Å². The van der Waals surface area contributed by atoms with E-state index in [1.807, 2.05) is 20.8 Å². The summed E-state index contributed by atoms with van der Waals surface area (Å²) in [7, 11) is 1.54. The van der Waals surface area contributed by atoms with E-state index in [4.69, 9.17) is 25.6 Å². The minimum absolute atomic E-state index is 0.0947. The minimum atomic E-state index is -0.161. The van der Waals surface area contributed by atoms with Crippen LogP contribution < -0.4 is 9.47 Å². The first-order chi connectivity index (χ1) is 11.5. The van der Waals surface area contributed by atoms with Gasteiger partial charge >= 0.3 is 0 Å². The molecule has 1 aromatic carbocycles. The van der Waals surface area contributed by atoms with Crippen LogP contribution in [0, 0.1) is 0 Å². The highest BCUT2D eigenvalue weighted by Crippen LogP contribution is 2.30. The third-order valence-corrected chi connectivity index (χ3v) is 3.73. The van der Waals surface area contributed by atoms with Crippen molar-refractivity contribution in [2.45, 2.75) is 33.4 Å². The third-order valence-electron chi connectivity index (χ3n) is 3.50. The Bertz CT molecular complexity index is 700. The highest BCUT2D eigenvalue weighted by atomic mass is 35.5. The zero-order chi connectivity index (χ0) is 17.7. The van der Waals surface area contributed by atoms with Crippen LogP contribution in [0.2, 0.25) is 5.02 Å². The standard InChI is InChI=1S/C17H21ClN2O4/c1-5-20(11(2)3)17(21)14-9-13(24-19-14)10-23-15-7-6-12(18)8-16(15)22-4/h6-9,11H,5,10H2,1-4H3. The number of nitrogens with zero attached hydrogens (tertiary/aromatic N) is 2. The van der Waals surface area contributed by atoms with Crippen LogP contribution >= 0.6 is 11.6 Å². The Morgan fingerprint density at radius 1 is 1.33 bits per heavy atom. The molecule has 1 amide bonds. The Labute approximate surface area is 146 Å². The summed E-state index contributed by atoms with van der Waals surface area (Å²) in [5.74, 6) is 1.35. The second-order valence-electron chi connectivity index (χ2n) is 5.45. The van der Waals surface area contributed by atoms with Crippen molar-refractivity contribution >= 4 is 17.5 Å². The van der Waals surface area contributed by atoms with Crippen molar-refractivity contribution in [3.8, 4) is 11.5 Å². The zero-order valence-electron chi connectivity index (χ0n) is 14.2. The number of amides is 1. The van der Waals surface area contributed by atoms with Gasteiger partial charge in [0.1, 0.15) is 6.61 Å². The summed E-state index contributed by atoms with van der Waals surface area (Å²) in [5.41, 5.74) is 0.271. The highest BCUT2D eigenvalue weighted by Gasteiger charge is 2.21. The Morgan fingerprint density at radius 3 is 2.71 bits per heavy atom. The molecule has 2 aromatic rings. The average Bonchev–Trinajstić information content (AvgIpc) is 3.02. The van der Waals surface area contributed by atoms with E-state index in [1.54, 1.807) is 29.2 Å². The van der Waals surface area contributed by atoms with Gasteiger partial charge in [-0.3, -0.25) is 4.79 Å². The molecule has 1 heterocycles. The lowest BCUT2D eigenvalue weighted by Gasteiger charge is -2.23. The molecular formula is C17H21ClN2O4. The predicted molar refractivity (Wildman–Crippen MR) is 90.7 cm³/mol. The van der Waals surface area contributed by atoms with Gasteiger partial charge in [-0.15, -0.1) is 0 Å². The number of benzene rings is 1. The van der Waals surface area contributed by atoms with Crippen LogP contribution in [0.1, 0.15) is 37.0 Å². The van der Waals surface area contributed by atoms with Gasteiger partial charge in [0.25, 0.3) is 5.91 Å². The first kappa shape index (κ1) is 18.1. The van der Waals surface area contributed by atoms with E-state index in [0.29, 0.717) is 28.8 Å². The van der Waals surface area contributed by atoms with Gasteiger partial charge in [0.15, 0.2) is 23.0 Å². The van der Waals surface area contributed by atoms with Crippen molar-refractivity contribution in [2.75, 3.05) is 13.7 Å². The molecule has 0 unspecified atom stereocenters. The second-order valence-corrected chi connectivity index (χ2v) is 5.88. The van der Waals surface area contributed by atoms with Crippen LogP contribution in [0.15, 0.2) is 28.8 Å². The van der Waals surface area contributed by atoms with Gasteiger partial charge in [-0.2, -0.15) is 0 Å². The number of aromatic nitrogens is 1. The van der Waals surface area contributed by atoms with Gasteiger partial charge < -0.3 is 18.9 Å². The van der Waals surface area contributed by atoms with Crippen molar-refractivity contribution < 1.29 is 18.8 Å². The average molecular weight is 353 g/mol. The maximum atomic E-state index is 12.4. The molecule has 2 rings (SSSR count). The molecule has 0 atom stereocenters. The van der Waals surface area contributed by atoms with E-state index in [2.05, 4.69) is 5.16 Å². The molecule has 130 valence electrons. The third kappa shape index (κ3) is 4.20. The molecule has 6 nitrogen and oxygen atoms in total. The highest BCUT2D eigenvalue weighted by molar-refractivity contribution is 6.30. The molecule has 0 fully saturated rings. The monoisotopic (exact) mass is 352 g/mol. The molecule has 0 aliphatic carbocycles. The Balaban J connectivity index is 2.05. The summed E-state index contributed by atoms with van der Waals surface area (Å²) in [5, 5.41) is 4.39. The molecule has 0 spiro atoms. The summed E-state index contributed by atoms with van der Waals surface area (Å²) in [4.78, 5) is 14.1. The smallest absolute Gasteiger partial charge is 0.276 e. The van der Waals surface area contributed by atoms with Crippen LogP contribution in [-0.2, 0) is 6.61 Å². The second kappa shape index (κ2) is 8.06. The molecule has 1 aromatic heterocycles. The molecule has 0 aliphatic rings. The van der Waals surface area contributed by atoms with E-state index < -0.39 is 0 Å². The first-order valence-electron chi connectivity index (χ1n) is 7.69. The number of ether oxygens (including phenoxy) is 2. The molecule has 0 saturated carbocycles. The first-order valence-corrected chi connectivity index (χ1v) is 8.07. The minimum Gasteiger partial charge on any atom is -0.493 e. The lowest BCUT2D eigenvalue weighted by Crippen LogP contribution is -2.36. The number of rotatable bonds is 7. The fourth-order valence-corrected chi connectivity index (χ4v) is 2.44. The van der Waals surface area contributed by atoms with Gasteiger partial charge in [-0.1, -0.05) is 16.8 Å². The maximum Gasteiger partial charge on any atom is 0.276 e. The van der Waals surface area contributed by atoms with Crippen LogP contribution in [-0.4, -0.2) is 35.7 Å². The maximum absolute atomic E-state index is 12.4. The van der Waals surface area contributed by atoms with E-state index in [0.717, 1.165) is 0 Å². The molecule has 0 saturated heterocycles. The summed E-state index contributed by atoms with van der Waals surface area (Å²) in [6.45, 7) is 6.58. The van der Waals surface area contributed by atoms with Gasteiger partial charge in [0.2, 0.25) is 0 Å². The molecule has 0 bridgehead atoms. The summed E-state index contributed by atoms with van der Waals surface area (Å²) in [6.07, 6.45) is 0. The topological polar surface area (TPSA) is 64.8 Å². The Kier molecular flexibility index (Phi) is 6.09. The van der Waals surface area contributed by atoms with E-state index in [9.17, 15) is 4.79 Å². The molecule has 0 N–H and O–H groups in total. The summed E-state index contributed by atoms with van der Waals surface area (Å²) in [6, 6.07) is 6.76. The number of methoxy groups -OCH3 is 1. The van der Waals surface area contributed by atoms with E-state index in [-0.39, 0.29) is 24.2 Å². The van der Waals surface area contributed by atoms with Crippen molar-refractivity contribution in [1.82, 2.24) is 10.1 Å². The summed E-state index contributed by atoms with van der Waals surface area (Å²) >= 11 is 5.91. The summed E-state index contributed by atoms with van der Waals surface area (Å²) < 4.78 is 16.1. The SMILES string of the molecule is CCN(C(=O)c1cc(COc2ccc(Cl)cc2OC)on1)C(C)C. The van der Waals surface area contributed by atoms with Crippen LogP contribution in [0.3, 0.4) is 0 Å². The Hall–Kier alpha value is -2.21. The molecule has 24 heavy (non-hydrogen) atoms. The van der Waals surface area contributed by atoms with Crippen molar-refractivity contribution in [2.24, 2.45) is 0 Å². The quantitative estimate of drug-likeness (QED) is 0.758. The lowest BCUT2D eigenvalue weighted by molar-refractivity contribution is 0.0706. The van der Waals surface area contributed by atoms with E-state index in [1.165, 1.54) is 7.11 Å². The van der Waals surface area contributed by atoms with Gasteiger partial charge in [-0.05, 0) is 32.9 Å². The Morgan fingerprint density at radius 2 is 2.08 bits per heavy atom. The van der Waals surface area contributed by atoms with Crippen LogP contribution in [0.5, 0.6) is 11.5 Å². The fourth-order valence-electron chi connectivity index (χ4n) is 2.28. The zero-order valence-corrected chi connectivity index (χ0v) is 15.0. The predicted octanol–water partition coefficient (Wildman–Crippen LogP) is 3.79. The molecule has 7 heteroatoms. The van der Waals surface area contributed by atoms with Gasteiger partial charge in [-0.25, -0.2) is 0 Å². The number of carbonyl (C=O) groups is 1. The number of halogens is 1. The van der Waals surface area contributed by atoms with Crippen LogP contribution in [0.4, 0.5) is 0 Å².